The maximum atomic E-state index is 13.7. The topological polar surface area (TPSA) is 58.4 Å². The number of benzene rings is 1. The van der Waals surface area contributed by atoms with E-state index in [0.717, 1.165) is 0 Å². The largest absolute Gasteiger partial charge is 0.396 e. The minimum atomic E-state index is -0.400. The molecular weight excluding hydrogens is 221 g/mol. The zero-order valence-corrected chi connectivity index (χ0v) is 10.2. The average Bonchev–Trinajstić information content (AvgIpc) is 2.33. The summed E-state index contributed by atoms with van der Waals surface area (Å²) in [6.07, 6.45) is 0. The number of nitrogen functional groups attached to an aromatic ring is 1. The van der Waals surface area contributed by atoms with Gasteiger partial charge in [0.25, 0.3) is 0 Å². The van der Waals surface area contributed by atoms with Crippen LogP contribution >= 0.6 is 0 Å². The third-order valence-electron chi connectivity index (χ3n) is 2.60. The number of nitrogens with two attached hydrogens (primary N) is 1. The van der Waals surface area contributed by atoms with E-state index in [-0.39, 0.29) is 18.1 Å². The molecule has 94 valence electrons. The van der Waals surface area contributed by atoms with E-state index < -0.39 is 5.82 Å². The Hall–Kier alpha value is -1.62. The van der Waals surface area contributed by atoms with Crippen molar-refractivity contribution in [1.82, 2.24) is 10.2 Å². The van der Waals surface area contributed by atoms with E-state index >= 15 is 0 Å². The van der Waals surface area contributed by atoms with Crippen LogP contribution < -0.4 is 11.1 Å². The highest BCUT2D eigenvalue weighted by Gasteiger charge is 2.12. The molecule has 0 aromatic heterocycles. The van der Waals surface area contributed by atoms with Crippen LogP contribution in [0.4, 0.5) is 10.1 Å². The van der Waals surface area contributed by atoms with Crippen molar-refractivity contribution >= 4 is 11.6 Å². The molecule has 0 heterocycles. The van der Waals surface area contributed by atoms with Crippen LogP contribution in [0.15, 0.2) is 18.2 Å². The van der Waals surface area contributed by atoms with Crippen molar-refractivity contribution in [3.8, 4) is 0 Å². The molecule has 0 aliphatic heterocycles. The van der Waals surface area contributed by atoms with E-state index in [0.29, 0.717) is 18.7 Å². The van der Waals surface area contributed by atoms with Crippen molar-refractivity contribution in [1.29, 1.82) is 0 Å². The molecule has 5 heteroatoms. The molecule has 0 saturated heterocycles. The minimum absolute atomic E-state index is 0.0869. The summed E-state index contributed by atoms with van der Waals surface area (Å²) >= 11 is 0. The SMILES string of the molecule is CCN(CC(=O)NC)Cc1cccc(N)c1F. The zero-order valence-electron chi connectivity index (χ0n) is 10.2. The molecule has 0 saturated carbocycles. The molecule has 0 bridgehead atoms. The fourth-order valence-electron chi connectivity index (χ4n) is 1.52. The van der Waals surface area contributed by atoms with Gasteiger partial charge in [-0.25, -0.2) is 4.39 Å². The fourth-order valence-corrected chi connectivity index (χ4v) is 1.52. The van der Waals surface area contributed by atoms with Gasteiger partial charge in [-0.15, -0.1) is 0 Å². The Kier molecular flexibility index (Phi) is 4.90. The van der Waals surface area contributed by atoms with Crippen LogP contribution in [0.2, 0.25) is 0 Å². The molecule has 0 radical (unpaired) electrons. The number of nitrogens with zero attached hydrogens (tertiary/aromatic N) is 1. The van der Waals surface area contributed by atoms with Crippen LogP contribution in [0.25, 0.3) is 0 Å². The monoisotopic (exact) mass is 239 g/mol. The van der Waals surface area contributed by atoms with Gasteiger partial charge in [0, 0.05) is 19.2 Å². The first-order chi connectivity index (χ1) is 8.08. The molecule has 0 spiro atoms. The predicted octanol–water partition coefficient (Wildman–Crippen LogP) is 0.976. The highest BCUT2D eigenvalue weighted by atomic mass is 19.1. The molecule has 0 fully saturated rings. The van der Waals surface area contributed by atoms with Crippen molar-refractivity contribution in [2.45, 2.75) is 13.5 Å². The Labute approximate surface area is 101 Å². The molecule has 4 nitrogen and oxygen atoms in total. The van der Waals surface area contributed by atoms with Gasteiger partial charge in [-0.1, -0.05) is 19.1 Å². The second-order valence-corrected chi connectivity index (χ2v) is 3.80. The Morgan fingerprint density at radius 2 is 2.24 bits per heavy atom. The zero-order chi connectivity index (χ0) is 12.8. The van der Waals surface area contributed by atoms with Crippen LogP contribution in [-0.4, -0.2) is 30.9 Å². The van der Waals surface area contributed by atoms with Crippen LogP contribution in [0.5, 0.6) is 0 Å². The van der Waals surface area contributed by atoms with Crippen LogP contribution in [0, 0.1) is 5.82 Å². The number of carbonyl (C=O) groups is 1. The normalized spacial score (nSPS) is 10.6. The van der Waals surface area contributed by atoms with Crippen molar-refractivity contribution < 1.29 is 9.18 Å². The first-order valence-electron chi connectivity index (χ1n) is 5.54. The lowest BCUT2D eigenvalue weighted by molar-refractivity contribution is -0.121. The average molecular weight is 239 g/mol. The highest BCUT2D eigenvalue weighted by molar-refractivity contribution is 5.77. The predicted molar refractivity (Wildman–Crippen MR) is 65.8 cm³/mol. The van der Waals surface area contributed by atoms with Crippen LogP contribution in [0.1, 0.15) is 12.5 Å². The highest BCUT2D eigenvalue weighted by Crippen LogP contribution is 2.16. The molecule has 1 amide bonds. The second kappa shape index (κ2) is 6.20. The van der Waals surface area contributed by atoms with Gasteiger partial charge in [-0.3, -0.25) is 9.69 Å². The Bertz CT molecular complexity index is 395. The van der Waals surface area contributed by atoms with E-state index in [2.05, 4.69) is 5.32 Å². The summed E-state index contributed by atoms with van der Waals surface area (Å²) in [6, 6.07) is 4.91. The minimum Gasteiger partial charge on any atom is -0.396 e. The summed E-state index contributed by atoms with van der Waals surface area (Å²) in [7, 11) is 1.58. The van der Waals surface area contributed by atoms with Gasteiger partial charge in [0.05, 0.1) is 12.2 Å². The van der Waals surface area contributed by atoms with E-state index in [1.54, 1.807) is 19.2 Å². The number of hydrogen-bond donors (Lipinski definition) is 2. The molecule has 0 unspecified atom stereocenters. The van der Waals surface area contributed by atoms with Crippen molar-refractivity contribution in [3.05, 3.63) is 29.6 Å². The van der Waals surface area contributed by atoms with Crippen LogP contribution in [-0.2, 0) is 11.3 Å². The lowest BCUT2D eigenvalue weighted by Gasteiger charge is -2.19. The number of likely N-dealkylation sites (N-methyl/N-ethyl adjacent to an activating group) is 2. The Morgan fingerprint density at radius 1 is 1.53 bits per heavy atom. The van der Waals surface area contributed by atoms with E-state index in [4.69, 9.17) is 5.73 Å². The van der Waals surface area contributed by atoms with Gasteiger partial charge in [0.15, 0.2) is 5.82 Å². The number of hydrogen-bond acceptors (Lipinski definition) is 3. The quantitative estimate of drug-likeness (QED) is 0.753. The van der Waals surface area contributed by atoms with Gasteiger partial charge in [0.1, 0.15) is 0 Å². The van der Waals surface area contributed by atoms with Gasteiger partial charge >= 0.3 is 0 Å². The number of amides is 1. The van der Waals surface area contributed by atoms with Gasteiger partial charge in [0.2, 0.25) is 5.91 Å². The van der Waals surface area contributed by atoms with Gasteiger partial charge in [-0.05, 0) is 12.6 Å². The van der Waals surface area contributed by atoms with Gasteiger partial charge in [-0.2, -0.15) is 0 Å². The summed E-state index contributed by atoms with van der Waals surface area (Å²) in [5, 5.41) is 2.54. The molecule has 17 heavy (non-hydrogen) atoms. The molecule has 1 aromatic carbocycles. The third-order valence-corrected chi connectivity index (χ3v) is 2.60. The number of carbonyl (C=O) groups excluding carboxylic acids is 1. The van der Waals surface area contributed by atoms with Crippen molar-refractivity contribution in [3.63, 3.8) is 0 Å². The summed E-state index contributed by atoms with van der Waals surface area (Å²) in [4.78, 5) is 13.1. The van der Waals surface area contributed by atoms with Crippen molar-refractivity contribution in [2.24, 2.45) is 0 Å². The van der Waals surface area contributed by atoms with E-state index in [9.17, 15) is 9.18 Å². The van der Waals surface area contributed by atoms with E-state index in [1.807, 2.05) is 11.8 Å². The molecule has 3 N–H and O–H groups in total. The summed E-state index contributed by atoms with van der Waals surface area (Å²) in [6.45, 7) is 3.22. The summed E-state index contributed by atoms with van der Waals surface area (Å²) in [5.74, 6) is -0.487. The lowest BCUT2D eigenvalue weighted by Crippen LogP contribution is -2.35. The number of halogens is 1. The van der Waals surface area contributed by atoms with Crippen LogP contribution in [0.3, 0.4) is 0 Å². The number of rotatable bonds is 5. The maximum absolute atomic E-state index is 13.7. The number of anilines is 1. The summed E-state index contributed by atoms with van der Waals surface area (Å²) < 4.78 is 13.7. The second-order valence-electron chi connectivity index (χ2n) is 3.80. The first-order valence-corrected chi connectivity index (χ1v) is 5.54. The Morgan fingerprint density at radius 3 is 2.82 bits per heavy atom. The van der Waals surface area contributed by atoms with Gasteiger partial charge < -0.3 is 11.1 Å². The van der Waals surface area contributed by atoms with E-state index in [1.165, 1.54) is 6.07 Å². The molecule has 0 aliphatic rings. The first kappa shape index (κ1) is 13.4. The third kappa shape index (κ3) is 3.71. The maximum Gasteiger partial charge on any atom is 0.233 e. The number of nitrogens with one attached hydrogen (secondary N) is 1. The fraction of sp³-hybridized carbons (Fsp3) is 0.417. The lowest BCUT2D eigenvalue weighted by atomic mass is 10.1. The molecular formula is C12H18FN3O. The standard InChI is InChI=1S/C12H18FN3O/c1-3-16(8-11(17)15-2)7-9-5-4-6-10(14)12(9)13/h4-6H,3,7-8,14H2,1-2H3,(H,15,17). The molecule has 0 atom stereocenters. The smallest absolute Gasteiger partial charge is 0.233 e. The molecule has 0 aliphatic carbocycles. The summed E-state index contributed by atoms with van der Waals surface area (Å²) in [5.41, 5.74) is 6.14. The molecule has 1 aromatic rings. The molecule has 1 rings (SSSR count). The van der Waals surface area contributed by atoms with Crippen molar-refractivity contribution in [2.75, 3.05) is 25.9 Å². The Balaban J connectivity index is 2.73.